The molecule has 1 heterocycles. The number of hydrogen-bond donors (Lipinski definition) is 1. The monoisotopic (exact) mass is 322 g/mol. The van der Waals surface area contributed by atoms with Crippen molar-refractivity contribution in [2.24, 2.45) is 0 Å². The van der Waals surface area contributed by atoms with Gasteiger partial charge in [0.25, 0.3) is 0 Å². The molecule has 2 unspecified atom stereocenters. The van der Waals surface area contributed by atoms with Gasteiger partial charge in [0.15, 0.2) is 0 Å². The second-order valence-corrected chi connectivity index (χ2v) is 8.28. The van der Waals surface area contributed by atoms with Gasteiger partial charge in [-0.15, -0.1) is 0 Å². The van der Waals surface area contributed by atoms with Crippen LogP contribution in [-0.4, -0.2) is 62.0 Å². The molecule has 1 aliphatic heterocycles. The van der Waals surface area contributed by atoms with Crippen LogP contribution in [0.25, 0.3) is 0 Å². The molecule has 8 heteroatoms. The Morgan fingerprint density at radius 3 is 2.38 bits per heavy atom. The van der Waals surface area contributed by atoms with Crippen LogP contribution in [0.5, 0.6) is 0 Å². The molecule has 1 saturated heterocycles. The minimum atomic E-state index is -3.70. The number of hydrogen-bond acceptors (Lipinski definition) is 5. The number of rotatable bonds is 8. The Hall–Kier alpha value is 0.0949. The lowest BCUT2D eigenvalue weighted by atomic mass is 9.93. The van der Waals surface area contributed by atoms with Crippen molar-refractivity contribution in [3.8, 4) is 0 Å². The molecule has 0 spiro atoms. The molecule has 21 heavy (non-hydrogen) atoms. The molecule has 0 aromatic heterocycles. The van der Waals surface area contributed by atoms with Gasteiger partial charge < -0.3 is 19.1 Å². The summed E-state index contributed by atoms with van der Waals surface area (Å²) in [7, 11) is -1.82. The van der Waals surface area contributed by atoms with Gasteiger partial charge in [0, 0.05) is 6.61 Å². The standard InChI is InChI=1S/C13H28BO6P/c1-6-17-12-11(20-21(15,16)9(4)5)10(19-13(12)14)7-18-8(2)3/h8-13H,6-7,14H2,1-5H3,(H,15,16)/t10-,11?,12+,13-/m1/s1. The van der Waals surface area contributed by atoms with Crippen molar-refractivity contribution in [3.05, 3.63) is 0 Å². The topological polar surface area (TPSA) is 74.2 Å². The molecule has 0 amide bonds. The SMILES string of the molecule is B[C@@H]1O[C@H](COC(C)C)C(OP(=O)(O)C(C)C)[C@@H]1OCC. The van der Waals surface area contributed by atoms with Crippen molar-refractivity contribution < 1.29 is 28.2 Å². The molecule has 1 aliphatic rings. The molecule has 0 aromatic rings. The Morgan fingerprint density at radius 2 is 1.90 bits per heavy atom. The van der Waals surface area contributed by atoms with Crippen molar-refractivity contribution in [2.75, 3.05) is 13.2 Å². The first-order valence-electron chi connectivity index (χ1n) is 7.58. The summed E-state index contributed by atoms with van der Waals surface area (Å²) in [5, 5.41) is 0. The van der Waals surface area contributed by atoms with E-state index >= 15 is 0 Å². The third kappa shape index (κ3) is 5.34. The van der Waals surface area contributed by atoms with E-state index < -0.39 is 25.5 Å². The smallest absolute Gasteiger partial charge is 0.331 e. The first-order valence-corrected chi connectivity index (χ1v) is 9.23. The Labute approximate surface area is 128 Å². The molecule has 1 fully saturated rings. The van der Waals surface area contributed by atoms with Crippen LogP contribution >= 0.6 is 7.60 Å². The van der Waals surface area contributed by atoms with Crippen LogP contribution in [0.15, 0.2) is 0 Å². The van der Waals surface area contributed by atoms with Gasteiger partial charge in [-0.2, -0.15) is 0 Å². The van der Waals surface area contributed by atoms with Gasteiger partial charge in [0.1, 0.15) is 26.2 Å². The lowest BCUT2D eigenvalue weighted by Crippen LogP contribution is -2.39. The van der Waals surface area contributed by atoms with E-state index in [-0.39, 0.29) is 18.2 Å². The molecule has 6 nitrogen and oxygen atoms in total. The first kappa shape index (κ1) is 19.1. The maximum atomic E-state index is 12.2. The van der Waals surface area contributed by atoms with E-state index in [4.69, 9.17) is 18.7 Å². The van der Waals surface area contributed by atoms with E-state index in [2.05, 4.69) is 0 Å². The summed E-state index contributed by atoms with van der Waals surface area (Å²) >= 11 is 0. The Kier molecular flexibility index (Phi) is 7.37. The van der Waals surface area contributed by atoms with Crippen LogP contribution in [0.4, 0.5) is 0 Å². The predicted octanol–water partition coefficient (Wildman–Crippen LogP) is 1.15. The fraction of sp³-hybridized carbons (Fsp3) is 1.00. The molecule has 0 saturated carbocycles. The predicted molar refractivity (Wildman–Crippen MR) is 83.5 cm³/mol. The van der Waals surface area contributed by atoms with Crippen LogP contribution in [-0.2, 0) is 23.3 Å². The zero-order valence-corrected chi connectivity index (χ0v) is 14.7. The highest BCUT2D eigenvalue weighted by Crippen LogP contribution is 2.50. The molecule has 0 radical (unpaired) electrons. The van der Waals surface area contributed by atoms with Gasteiger partial charge in [0.05, 0.1) is 24.4 Å². The second kappa shape index (κ2) is 8.09. The Balaban J connectivity index is 2.84. The summed E-state index contributed by atoms with van der Waals surface area (Å²) in [4.78, 5) is 10.0. The zero-order valence-electron chi connectivity index (χ0n) is 13.8. The van der Waals surface area contributed by atoms with Gasteiger partial charge >= 0.3 is 7.60 Å². The van der Waals surface area contributed by atoms with Crippen LogP contribution in [0.2, 0.25) is 0 Å². The summed E-state index contributed by atoms with van der Waals surface area (Å²) in [6.07, 6.45) is -1.31. The van der Waals surface area contributed by atoms with E-state index in [1.54, 1.807) is 13.8 Å². The average molecular weight is 322 g/mol. The van der Waals surface area contributed by atoms with Gasteiger partial charge in [-0.3, -0.25) is 9.09 Å². The Bertz CT molecular complexity index is 365. The molecule has 0 bridgehead atoms. The van der Waals surface area contributed by atoms with Gasteiger partial charge in [-0.1, -0.05) is 13.8 Å². The van der Waals surface area contributed by atoms with Crippen molar-refractivity contribution >= 4 is 15.4 Å². The summed E-state index contributed by atoms with van der Waals surface area (Å²) in [5.41, 5.74) is -0.470. The second-order valence-electron chi connectivity index (χ2n) is 5.91. The van der Waals surface area contributed by atoms with Crippen LogP contribution in [0, 0.1) is 0 Å². The normalized spacial score (nSPS) is 32.8. The summed E-state index contributed by atoms with van der Waals surface area (Å²) in [5.74, 6) is 0. The van der Waals surface area contributed by atoms with E-state index in [1.807, 2.05) is 28.6 Å². The first-order chi connectivity index (χ1) is 9.69. The van der Waals surface area contributed by atoms with Gasteiger partial charge in [-0.25, -0.2) is 0 Å². The largest absolute Gasteiger partial charge is 0.376 e. The van der Waals surface area contributed by atoms with Crippen LogP contribution in [0.3, 0.4) is 0 Å². The molecule has 1 rings (SSSR count). The van der Waals surface area contributed by atoms with Crippen LogP contribution in [0.1, 0.15) is 34.6 Å². The minimum Gasteiger partial charge on any atom is -0.376 e. The highest BCUT2D eigenvalue weighted by atomic mass is 31.2. The summed E-state index contributed by atoms with van der Waals surface area (Å²) < 4.78 is 34.7. The maximum absolute atomic E-state index is 12.2. The molecule has 1 N–H and O–H groups in total. The maximum Gasteiger partial charge on any atom is 0.331 e. The third-order valence-corrected chi connectivity index (χ3v) is 5.27. The van der Waals surface area contributed by atoms with Crippen molar-refractivity contribution in [1.29, 1.82) is 0 Å². The van der Waals surface area contributed by atoms with E-state index in [9.17, 15) is 9.46 Å². The average Bonchev–Trinajstić information content (AvgIpc) is 2.64. The van der Waals surface area contributed by atoms with Crippen molar-refractivity contribution in [3.63, 3.8) is 0 Å². The summed E-state index contributed by atoms with van der Waals surface area (Å²) in [6.45, 7) is 9.87. The number of ether oxygens (including phenoxy) is 3. The zero-order chi connectivity index (χ0) is 16.2. The fourth-order valence-electron chi connectivity index (χ4n) is 2.18. The van der Waals surface area contributed by atoms with E-state index in [0.717, 1.165) is 0 Å². The van der Waals surface area contributed by atoms with Gasteiger partial charge in [-0.05, 0) is 20.8 Å². The molecule has 0 aromatic carbocycles. The van der Waals surface area contributed by atoms with E-state index in [0.29, 0.717) is 13.2 Å². The fourth-order valence-corrected chi connectivity index (χ4v) is 3.03. The van der Waals surface area contributed by atoms with Crippen molar-refractivity contribution in [1.82, 2.24) is 0 Å². The van der Waals surface area contributed by atoms with Gasteiger partial charge in [0.2, 0.25) is 0 Å². The Morgan fingerprint density at radius 1 is 1.29 bits per heavy atom. The molecular formula is C13H28BO6P. The van der Waals surface area contributed by atoms with Crippen LogP contribution < -0.4 is 0 Å². The lowest BCUT2D eigenvalue weighted by molar-refractivity contribution is -0.0469. The molecule has 0 aliphatic carbocycles. The molecule has 124 valence electrons. The van der Waals surface area contributed by atoms with E-state index in [1.165, 1.54) is 0 Å². The quantitative estimate of drug-likeness (QED) is 0.534. The highest BCUT2D eigenvalue weighted by molar-refractivity contribution is 7.53. The van der Waals surface area contributed by atoms with Crippen molar-refractivity contribution in [2.45, 2.75) is 70.7 Å². The minimum absolute atomic E-state index is 0.0572. The molecular weight excluding hydrogens is 294 g/mol. The third-order valence-electron chi connectivity index (χ3n) is 3.42. The highest BCUT2D eigenvalue weighted by Gasteiger charge is 2.47. The molecule has 5 atom stereocenters. The lowest BCUT2D eigenvalue weighted by Gasteiger charge is -2.27. The summed E-state index contributed by atoms with van der Waals surface area (Å²) in [6, 6.07) is -0.206.